The van der Waals surface area contributed by atoms with Crippen LogP contribution in [0.5, 0.6) is 5.75 Å². The van der Waals surface area contributed by atoms with Gasteiger partial charge in [-0.1, -0.05) is 6.07 Å². The molecular weight excluding hydrogens is 408 g/mol. The van der Waals surface area contributed by atoms with Gasteiger partial charge in [-0.3, -0.25) is 4.79 Å². The first-order valence-electron chi connectivity index (χ1n) is 9.94. The molecule has 0 fully saturated rings. The zero-order valence-electron chi connectivity index (χ0n) is 17.7. The molecule has 0 bridgehead atoms. The molecule has 0 saturated carbocycles. The number of fused-ring (bicyclic) bond motifs is 1. The molecule has 2 heterocycles. The van der Waals surface area contributed by atoms with Gasteiger partial charge < -0.3 is 26.0 Å². The van der Waals surface area contributed by atoms with Gasteiger partial charge in [0.05, 0.1) is 24.4 Å². The number of hydrogen-bond acceptors (Lipinski definition) is 9. The van der Waals surface area contributed by atoms with Crippen molar-refractivity contribution in [2.75, 3.05) is 31.3 Å². The van der Waals surface area contributed by atoms with E-state index in [0.717, 1.165) is 19.5 Å². The standard InChI is InChI=1S/C22H22N8O2/c1-30-7-6-14-9-17(18(32-2)10-15(14)12-30)26-22-27-21(19(20(24)31)28-29-22)25-16-5-3-4-13(8-16)11-23/h3-5,8-10H,6-7,12H2,1-2H3,(H2,24,31)(H2,25,26,27,29). The average molecular weight is 430 g/mol. The third-order valence-electron chi connectivity index (χ3n) is 5.15. The van der Waals surface area contributed by atoms with E-state index in [0.29, 0.717) is 22.7 Å². The van der Waals surface area contributed by atoms with Crippen molar-refractivity contribution < 1.29 is 9.53 Å². The smallest absolute Gasteiger partial charge is 0.273 e. The van der Waals surface area contributed by atoms with E-state index in [2.05, 4.69) is 43.8 Å². The Morgan fingerprint density at radius 2 is 2.06 bits per heavy atom. The maximum absolute atomic E-state index is 11.8. The highest BCUT2D eigenvalue weighted by atomic mass is 16.5. The first-order chi connectivity index (χ1) is 15.5. The number of benzene rings is 2. The summed E-state index contributed by atoms with van der Waals surface area (Å²) in [6.07, 6.45) is 0.923. The van der Waals surface area contributed by atoms with E-state index in [1.54, 1.807) is 31.4 Å². The lowest BCUT2D eigenvalue weighted by Crippen LogP contribution is -2.26. The van der Waals surface area contributed by atoms with Crippen LogP contribution in [0.1, 0.15) is 27.2 Å². The number of primary amides is 1. The normalized spacial score (nSPS) is 13.0. The number of likely N-dealkylation sites (N-methyl/N-ethyl adjacent to an activating group) is 1. The van der Waals surface area contributed by atoms with E-state index in [1.807, 2.05) is 12.1 Å². The Bertz CT molecular complexity index is 1220. The van der Waals surface area contributed by atoms with E-state index in [4.69, 9.17) is 15.7 Å². The van der Waals surface area contributed by atoms with Crippen molar-refractivity contribution in [1.82, 2.24) is 20.1 Å². The molecule has 4 N–H and O–H groups in total. The van der Waals surface area contributed by atoms with Gasteiger partial charge in [0.1, 0.15) is 5.75 Å². The number of aromatic nitrogens is 3. The molecule has 1 aliphatic heterocycles. The first-order valence-corrected chi connectivity index (χ1v) is 9.94. The number of nitrogens with one attached hydrogen (secondary N) is 2. The molecule has 10 nitrogen and oxygen atoms in total. The van der Waals surface area contributed by atoms with Gasteiger partial charge in [-0.25, -0.2) is 0 Å². The number of nitrogens with zero attached hydrogens (tertiary/aromatic N) is 5. The highest BCUT2D eigenvalue weighted by Gasteiger charge is 2.19. The molecule has 1 aliphatic rings. The minimum atomic E-state index is -0.772. The minimum Gasteiger partial charge on any atom is -0.495 e. The van der Waals surface area contributed by atoms with Crippen LogP contribution in [0.2, 0.25) is 0 Å². The Morgan fingerprint density at radius 1 is 1.22 bits per heavy atom. The van der Waals surface area contributed by atoms with Crippen LogP contribution in [0.25, 0.3) is 0 Å². The Morgan fingerprint density at radius 3 is 2.81 bits per heavy atom. The molecular formula is C22H22N8O2. The number of amides is 1. The van der Waals surface area contributed by atoms with Gasteiger partial charge in [0, 0.05) is 18.8 Å². The SMILES string of the molecule is COc1cc2c(cc1Nc1nnc(C(N)=O)c(Nc3cccc(C#N)c3)n1)CCN(C)C2. The van der Waals surface area contributed by atoms with Crippen molar-refractivity contribution in [2.45, 2.75) is 13.0 Å². The second kappa shape index (κ2) is 8.87. The highest BCUT2D eigenvalue weighted by molar-refractivity contribution is 5.96. The largest absolute Gasteiger partial charge is 0.495 e. The Hall–Kier alpha value is -4.23. The average Bonchev–Trinajstić information content (AvgIpc) is 2.79. The molecule has 0 spiro atoms. The molecule has 1 amide bonds. The predicted molar refractivity (Wildman–Crippen MR) is 119 cm³/mol. The molecule has 162 valence electrons. The second-order valence-corrected chi connectivity index (χ2v) is 7.45. The number of nitriles is 1. The van der Waals surface area contributed by atoms with Gasteiger partial charge in [0.15, 0.2) is 11.5 Å². The lowest BCUT2D eigenvalue weighted by Gasteiger charge is -2.26. The van der Waals surface area contributed by atoms with Crippen LogP contribution in [-0.4, -0.2) is 46.7 Å². The summed E-state index contributed by atoms with van der Waals surface area (Å²) in [7, 11) is 3.69. The number of carbonyl (C=O) groups is 1. The fourth-order valence-electron chi connectivity index (χ4n) is 3.55. The van der Waals surface area contributed by atoms with E-state index in [1.165, 1.54) is 11.1 Å². The van der Waals surface area contributed by atoms with Crippen LogP contribution < -0.4 is 21.1 Å². The Labute approximate surface area is 185 Å². The van der Waals surface area contributed by atoms with Crippen LogP contribution in [0.3, 0.4) is 0 Å². The summed E-state index contributed by atoms with van der Waals surface area (Å²) in [4.78, 5) is 18.5. The molecule has 0 radical (unpaired) electrons. The zero-order valence-corrected chi connectivity index (χ0v) is 17.7. The molecule has 0 unspecified atom stereocenters. The quantitative estimate of drug-likeness (QED) is 0.537. The Kier molecular flexibility index (Phi) is 5.83. The fourth-order valence-corrected chi connectivity index (χ4v) is 3.55. The predicted octanol–water partition coefficient (Wildman–Crippen LogP) is 2.33. The number of hydrogen-bond donors (Lipinski definition) is 3. The number of ether oxygens (including phenoxy) is 1. The summed E-state index contributed by atoms with van der Waals surface area (Å²) in [5.74, 6) is 0.174. The van der Waals surface area contributed by atoms with Crippen molar-refractivity contribution >= 4 is 29.0 Å². The third kappa shape index (κ3) is 4.43. The van der Waals surface area contributed by atoms with Crippen LogP contribution in [0, 0.1) is 11.3 Å². The van der Waals surface area contributed by atoms with Gasteiger partial charge in [-0.15, -0.1) is 10.2 Å². The Balaban J connectivity index is 1.67. The van der Waals surface area contributed by atoms with Gasteiger partial charge in [-0.2, -0.15) is 10.2 Å². The van der Waals surface area contributed by atoms with E-state index < -0.39 is 5.91 Å². The van der Waals surface area contributed by atoms with Gasteiger partial charge in [-0.05, 0) is 54.9 Å². The van der Waals surface area contributed by atoms with Crippen LogP contribution in [-0.2, 0) is 13.0 Å². The molecule has 32 heavy (non-hydrogen) atoms. The molecule has 1 aromatic heterocycles. The molecule has 2 aromatic carbocycles. The van der Waals surface area contributed by atoms with Crippen LogP contribution in [0.4, 0.5) is 23.1 Å². The van der Waals surface area contributed by atoms with Crippen molar-refractivity contribution in [2.24, 2.45) is 5.73 Å². The molecule has 10 heteroatoms. The number of methoxy groups -OCH3 is 1. The van der Waals surface area contributed by atoms with Gasteiger partial charge >= 0.3 is 0 Å². The number of rotatable bonds is 6. The van der Waals surface area contributed by atoms with Gasteiger partial charge in [0.2, 0.25) is 5.95 Å². The van der Waals surface area contributed by atoms with Crippen molar-refractivity contribution in [1.29, 1.82) is 5.26 Å². The highest BCUT2D eigenvalue weighted by Crippen LogP contribution is 2.33. The molecule has 3 aromatic rings. The number of carbonyl (C=O) groups excluding carboxylic acids is 1. The zero-order chi connectivity index (χ0) is 22.7. The summed E-state index contributed by atoms with van der Waals surface area (Å²) in [6, 6.07) is 12.9. The van der Waals surface area contributed by atoms with Crippen molar-refractivity contribution in [3.05, 3.63) is 58.8 Å². The monoisotopic (exact) mass is 430 g/mol. The summed E-state index contributed by atoms with van der Waals surface area (Å²) in [5.41, 5.74) is 9.48. The van der Waals surface area contributed by atoms with Crippen molar-refractivity contribution in [3.63, 3.8) is 0 Å². The summed E-state index contributed by atoms with van der Waals surface area (Å²) in [5, 5.41) is 23.2. The maximum atomic E-state index is 11.8. The molecule has 4 rings (SSSR count). The fraction of sp³-hybridized carbons (Fsp3) is 0.227. The van der Waals surface area contributed by atoms with Crippen LogP contribution >= 0.6 is 0 Å². The van der Waals surface area contributed by atoms with Crippen LogP contribution in [0.15, 0.2) is 36.4 Å². The molecule has 0 saturated heterocycles. The first kappa shape index (κ1) is 21.0. The van der Waals surface area contributed by atoms with E-state index in [9.17, 15) is 4.79 Å². The van der Waals surface area contributed by atoms with E-state index >= 15 is 0 Å². The second-order valence-electron chi connectivity index (χ2n) is 7.45. The number of nitrogens with two attached hydrogens (primary N) is 1. The summed E-state index contributed by atoms with van der Waals surface area (Å²) >= 11 is 0. The molecule has 0 atom stereocenters. The number of anilines is 4. The third-order valence-corrected chi connectivity index (χ3v) is 5.15. The van der Waals surface area contributed by atoms with E-state index in [-0.39, 0.29) is 17.5 Å². The maximum Gasteiger partial charge on any atom is 0.273 e. The summed E-state index contributed by atoms with van der Waals surface area (Å²) < 4.78 is 5.55. The van der Waals surface area contributed by atoms with Crippen molar-refractivity contribution in [3.8, 4) is 11.8 Å². The summed E-state index contributed by atoms with van der Waals surface area (Å²) in [6.45, 7) is 1.83. The molecule has 0 aliphatic carbocycles. The van der Waals surface area contributed by atoms with Gasteiger partial charge in [0.25, 0.3) is 5.91 Å². The lowest BCUT2D eigenvalue weighted by molar-refractivity contribution is 0.0995. The topological polar surface area (TPSA) is 142 Å². The lowest BCUT2D eigenvalue weighted by atomic mass is 9.99. The minimum absolute atomic E-state index is 0.113.